The van der Waals surface area contributed by atoms with Crippen molar-refractivity contribution in [2.75, 3.05) is 11.9 Å². The third-order valence-electron chi connectivity index (χ3n) is 2.47. The largest absolute Gasteiger partial charge is 0.478 e. The van der Waals surface area contributed by atoms with Crippen LogP contribution in [0.3, 0.4) is 0 Å². The van der Waals surface area contributed by atoms with E-state index in [0.29, 0.717) is 5.56 Å². The van der Waals surface area contributed by atoms with E-state index in [1.54, 1.807) is 18.2 Å². The Labute approximate surface area is 96.5 Å². The van der Waals surface area contributed by atoms with Crippen molar-refractivity contribution in [2.45, 2.75) is 32.6 Å². The van der Waals surface area contributed by atoms with E-state index in [4.69, 9.17) is 5.11 Å². The number of carboxylic acid groups (broad SMARTS) is 1. The number of benzene rings is 1. The standard InChI is InChI=1S/C13H19NO2/c1-2-3-4-5-9-14-12-8-6-7-11(10-12)13(15)16/h6-8,10,14H,2-5,9H2,1H3,(H,15,16). The number of unbranched alkanes of at least 4 members (excludes halogenated alkanes) is 3. The number of anilines is 1. The Morgan fingerprint density at radius 1 is 1.31 bits per heavy atom. The van der Waals surface area contributed by atoms with Crippen LogP contribution in [-0.4, -0.2) is 17.6 Å². The summed E-state index contributed by atoms with van der Waals surface area (Å²) >= 11 is 0. The first-order valence-electron chi connectivity index (χ1n) is 5.81. The second kappa shape index (κ2) is 6.88. The van der Waals surface area contributed by atoms with Gasteiger partial charge >= 0.3 is 5.97 Å². The second-order valence-electron chi connectivity index (χ2n) is 3.87. The van der Waals surface area contributed by atoms with E-state index < -0.39 is 5.97 Å². The van der Waals surface area contributed by atoms with E-state index in [9.17, 15) is 4.79 Å². The van der Waals surface area contributed by atoms with Crippen LogP contribution in [0.5, 0.6) is 0 Å². The van der Waals surface area contributed by atoms with Crippen molar-refractivity contribution in [1.29, 1.82) is 0 Å². The van der Waals surface area contributed by atoms with Crippen molar-refractivity contribution >= 4 is 11.7 Å². The average molecular weight is 221 g/mol. The van der Waals surface area contributed by atoms with Gasteiger partial charge < -0.3 is 10.4 Å². The van der Waals surface area contributed by atoms with Gasteiger partial charge in [-0.2, -0.15) is 0 Å². The summed E-state index contributed by atoms with van der Waals surface area (Å²) in [7, 11) is 0. The Hall–Kier alpha value is -1.51. The smallest absolute Gasteiger partial charge is 0.335 e. The zero-order chi connectivity index (χ0) is 11.8. The molecule has 88 valence electrons. The molecule has 0 spiro atoms. The highest BCUT2D eigenvalue weighted by Gasteiger charge is 2.02. The summed E-state index contributed by atoms with van der Waals surface area (Å²) in [5.74, 6) is -0.880. The monoisotopic (exact) mass is 221 g/mol. The van der Waals surface area contributed by atoms with Crippen LogP contribution in [0, 0.1) is 0 Å². The Balaban J connectivity index is 2.36. The van der Waals surface area contributed by atoms with Crippen LogP contribution < -0.4 is 5.32 Å². The average Bonchev–Trinajstić information content (AvgIpc) is 2.29. The van der Waals surface area contributed by atoms with E-state index in [-0.39, 0.29) is 0 Å². The third-order valence-corrected chi connectivity index (χ3v) is 2.47. The minimum atomic E-state index is -0.880. The Morgan fingerprint density at radius 2 is 2.12 bits per heavy atom. The maximum atomic E-state index is 10.7. The lowest BCUT2D eigenvalue weighted by Gasteiger charge is -2.06. The maximum Gasteiger partial charge on any atom is 0.335 e. The molecule has 0 fully saturated rings. The zero-order valence-corrected chi connectivity index (χ0v) is 9.70. The number of aromatic carboxylic acids is 1. The number of hydrogen-bond donors (Lipinski definition) is 2. The van der Waals surface area contributed by atoms with Crippen molar-refractivity contribution in [2.24, 2.45) is 0 Å². The fourth-order valence-corrected chi connectivity index (χ4v) is 1.55. The van der Waals surface area contributed by atoms with E-state index in [1.165, 1.54) is 19.3 Å². The Morgan fingerprint density at radius 3 is 2.81 bits per heavy atom. The van der Waals surface area contributed by atoms with Gasteiger partial charge in [0.2, 0.25) is 0 Å². The molecule has 1 aromatic rings. The first-order valence-corrected chi connectivity index (χ1v) is 5.81. The quantitative estimate of drug-likeness (QED) is 0.694. The van der Waals surface area contributed by atoms with Crippen molar-refractivity contribution in [3.05, 3.63) is 29.8 Å². The summed E-state index contributed by atoms with van der Waals surface area (Å²) in [5, 5.41) is 12.1. The molecule has 0 aliphatic rings. The topological polar surface area (TPSA) is 49.3 Å². The van der Waals surface area contributed by atoms with Crippen LogP contribution in [-0.2, 0) is 0 Å². The van der Waals surface area contributed by atoms with Crippen LogP contribution in [0.2, 0.25) is 0 Å². The lowest BCUT2D eigenvalue weighted by atomic mass is 10.2. The summed E-state index contributed by atoms with van der Waals surface area (Å²) in [6, 6.07) is 6.93. The molecule has 1 rings (SSSR count). The number of rotatable bonds is 7. The normalized spacial score (nSPS) is 10.1. The highest BCUT2D eigenvalue weighted by atomic mass is 16.4. The molecule has 0 amide bonds. The molecule has 0 unspecified atom stereocenters. The van der Waals surface area contributed by atoms with E-state index >= 15 is 0 Å². The first-order chi connectivity index (χ1) is 7.74. The predicted octanol–water partition coefficient (Wildman–Crippen LogP) is 3.38. The molecule has 3 nitrogen and oxygen atoms in total. The van der Waals surface area contributed by atoms with Gasteiger partial charge in [-0.25, -0.2) is 4.79 Å². The maximum absolute atomic E-state index is 10.7. The Kier molecular flexibility index (Phi) is 5.40. The fraction of sp³-hybridized carbons (Fsp3) is 0.462. The fourth-order valence-electron chi connectivity index (χ4n) is 1.55. The molecular weight excluding hydrogens is 202 g/mol. The summed E-state index contributed by atoms with van der Waals surface area (Å²) < 4.78 is 0. The van der Waals surface area contributed by atoms with Crippen LogP contribution in [0.25, 0.3) is 0 Å². The van der Waals surface area contributed by atoms with Gasteiger partial charge in [-0.3, -0.25) is 0 Å². The zero-order valence-electron chi connectivity index (χ0n) is 9.70. The van der Waals surface area contributed by atoms with E-state index in [1.807, 2.05) is 6.07 Å². The van der Waals surface area contributed by atoms with Gasteiger partial charge in [-0.15, -0.1) is 0 Å². The Bertz CT molecular complexity index is 336. The van der Waals surface area contributed by atoms with Crippen LogP contribution in [0.4, 0.5) is 5.69 Å². The van der Waals surface area contributed by atoms with Gasteiger partial charge in [0.05, 0.1) is 5.56 Å². The SMILES string of the molecule is CCCCCCNc1cccc(C(=O)O)c1. The molecule has 0 aromatic heterocycles. The molecule has 0 saturated heterocycles. The van der Waals surface area contributed by atoms with Gasteiger partial charge in [0.25, 0.3) is 0 Å². The minimum Gasteiger partial charge on any atom is -0.478 e. The third kappa shape index (κ3) is 4.34. The van der Waals surface area contributed by atoms with Gasteiger partial charge in [0.15, 0.2) is 0 Å². The van der Waals surface area contributed by atoms with Crippen molar-refractivity contribution in [1.82, 2.24) is 0 Å². The molecule has 1 aromatic carbocycles. The first kappa shape index (κ1) is 12.6. The van der Waals surface area contributed by atoms with Crippen LogP contribution >= 0.6 is 0 Å². The lowest BCUT2D eigenvalue weighted by Crippen LogP contribution is -2.03. The van der Waals surface area contributed by atoms with Crippen LogP contribution in [0.15, 0.2) is 24.3 Å². The molecule has 0 atom stereocenters. The highest BCUT2D eigenvalue weighted by molar-refractivity contribution is 5.88. The van der Waals surface area contributed by atoms with Crippen molar-refractivity contribution in [3.63, 3.8) is 0 Å². The van der Waals surface area contributed by atoms with E-state index in [0.717, 1.165) is 18.7 Å². The number of carboxylic acids is 1. The molecule has 0 bridgehead atoms. The summed E-state index contributed by atoms with van der Waals surface area (Å²) in [6.45, 7) is 3.09. The molecule has 16 heavy (non-hydrogen) atoms. The van der Waals surface area contributed by atoms with Gasteiger partial charge in [-0.1, -0.05) is 32.3 Å². The molecule has 0 saturated carbocycles. The summed E-state index contributed by atoms with van der Waals surface area (Å²) in [4.78, 5) is 10.7. The lowest BCUT2D eigenvalue weighted by molar-refractivity contribution is 0.0697. The van der Waals surface area contributed by atoms with Crippen LogP contribution in [0.1, 0.15) is 43.0 Å². The molecular formula is C13H19NO2. The van der Waals surface area contributed by atoms with Crippen molar-refractivity contribution in [3.8, 4) is 0 Å². The summed E-state index contributed by atoms with van der Waals surface area (Å²) in [5.41, 5.74) is 1.22. The van der Waals surface area contributed by atoms with Gasteiger partial charge in [-0.05, 0) is 24.6 Å². The van der Waals surface area contributed by atoms with Gasteiger partial charge in [0, 0.05) is 12.2 Å². The minimum absolute atomic E-state index is 0.332. The number of carbonyl (C=O) groups is 1. The summed E-state index contributed by atoms with van der Waals surface area (Å²) in [6.07, 6.45) is 4.85. The second-order valence-corrected chi connectivity index (χ2v) is 3.87. The number of hydrogen-bond acceptors (Lipinski definition) is 2. The molecule has 0 radical (unpaired) electrons. The van der Waals surface area contributed by atoms with Crippen molar-refractivity contribution < 1.29 is 9.90 Å². The molecule has 0 heterocycles. The molecule has 0 aliphatic carbocycles. The van der Waals surface area contributed by atoms with E-state index in [2.05, 4.69) is 12.2 Å². The molecule has 0 aliphatic heterocycles. The highest BCUT2D eigenvalue weighted by Crippen LogP contribution is 2.11. The molecule has 3 heteroatoms. The predicted molar refractivity (Wildman–Crippen MR) is 66.0 cm³/mol. The molecule has 2 N–H and O–H groups in total. The van der Waals surface area contributed by atoms with Gasteiger partial charge in [0.1, 0.15) is 0 Å². The number of nitrogens with one attached hydrogen (secondary N) is 1.